The maximum Gasteiger partial charge on any atom is 0.323 e. The second-order valence-electron chi connectivity index (χ2n) is 5.47. The third-order valence-electron chi connectivity index (χ3n) is 3.03. The predicted molar refractivity (Wildman–Crippen MR) is 75.1 cm³/mol. The van der Waals surface area contributed by atoms with E-state index in [2.05, 4.69) is 14.9 Å². The number of fused-ring (bicyclic) bond motifs is 1. The molecule has 0 aliphatic rings. The topological polar surface area (TPSA) is 77.9 Å². The fourth-order valence-electron chi connectivity index (χ4n) is 1.84. The second kappa shape index (κ2) is 4.49. The van der Waals surface area contributed by atoms with Crippen LogP contribution in [0.3, 0.4) is 0 Å². The van der Waals surface area contributed by atoms with Gasteiger partial charge in [0.2, 0.25) is 0 Å². The summed E-state index contributed by atoms with van der Waals surface area (Å²) in [6.45, 7) is 4.92. The average Bonchev–Trinajstić information content (AvgIpc) is 2.63. The van der Waals surface area contributed by atoms with Crippen molar-refractivity contribution >= 4 is 16.7 Å². The minimum absolute atomic E-state index is 0.166. The molecule has 0 amide bonds. The number of rotatable bonds is 4. The smallest absolute Gasteiger partial charge is 0.323 e. The van der Waals surface area contributed by atoms with E-state index in [9.17, 15) is 4.79 Å². The molecule has 5 nitrogen and oxygen atoms in total. The first kappa shape index (κ1) is 12.7. The van der Waals surface area contributed by atoms with Gasteiger partial charge in [-0.3, -0.25) is 0 Å². The zero-order valence-electron chi connectivity index (χ0n) is 11.1. The van der Waals surface area contributed by atoms with Gasteiger partial charge in [0, 0.05) is 24.8 Å². The molecule has 0 radical (unpaired) electrons. The van der Waals surface area contributed by atoms with Crippen molar-refractivity contribution in [3.63, 3.8) is 0 Å². The Labute approximate surface area is 106 Å². The van der Waals surface area contributed by atoms with E-state index >= 15 is 0 Å². The van der Waals surface area contributed by atoms with Crippen molar-refractivity contribution in [1.82, 2.24) is 9.97 Å². The molecule has 0 spiro atoms. The first-order valence-electron chi connectivity index (χ1n) is 6.07. The normalized spacial score (nSPS) is 12.0. The first-order valence-corrected chi connectivity index (χ1v) is 6.07. The van der Waals surface area contributed by atoms with Crippen LogP contribution in [0.25, 0.3) is 11.0 Å². The molecule has 0 saturated carbocycles. The van der Waals surface area contributed by atoms with Crippen molar-refractivity contribution in [3.8, 4) is 0 Å². The van der Waals surface area contributed by atoms with Gasteiger partial charge in [-0.2, -0.15) is 0 Å². The lowest BCUT2D eigenvalue weighted by Gasteiger charge is -2.25. The summed E-state index contributed by atoms with van der Waals surface area (Å²) in [5.41, 5.74) is 8.37. The van der Waals surface area contributed by atoms with Gasteiger partial charge in [-0.1, -0.05) is 0 Å². The Hall–Kier alpha value is -1.75. The van der Waals surface area contributed by atoms with Gasteiger partial charge >= 0.3 is 5.69 Å². The molecule has 18 heavy (non-hydrogen) atoms. The Morgan fingerprint density at radius 3 is 2.61 bits per heavy atom. The van der Waals surface area contributed by atoms with Crippen LogP contribution in [-0.4, -0.2) is 29.1 Å². The molecular weight excluding hydrogens is 228 g/mol. The lowest BCUT2D eigenvalue weighted by Crippen LogP contribution is -2.36. The fourth-order valence-corrected chi connectivity index (χ4v) is 1.84. The van der Waals surface area contributed by atoms with Crippen LogP contribution in [0.1, 0.15) is 20.3 Å². The number of hydrogen-bond acceptors (Lipinski definition) is 3. The molecule has 0 aliphatic heterocycles. The van der Waals surface area contributed by atoms with Crippen LogP contribution in [0.5, 0.6) is 0 Å². The van der Waals surface area contributed by atoms with E-state index in [1.165, 1.54) is 0 Å². The SMILES string of the molecule is CN(CCC(C)(C)N)c1ccc2[nH]c(=O)[nH]c2c1. The quantitative estimate of drug-likeness (QED) is 0.765. The Kier molecular flexibility index (Phi) is 3.17. The lowest BCUT2D eigenvalue weighted by atomic mass is 10.0. The summed E-state index contributed by atoms with van der Waals surface area (Å²) in [4.78, 5) is 18.8. The van der Waals surface area contributed by atoms with E-state index in [1.54, 1.807) is 0 Å². The highest BCUT2D eigenvalue weighted by atomic mass is 16.1. The Morgan fingerprint density at radius 2 is 1.94 bits per heavy atom. The molecule has 0 saturated heterocycles. The van der Waals surface area contributed by atoms with Crippen LogP contribution in [0.4, 0.5) is 5.69 Å². The number of H-pyrrole nitrogens is 2. The van der Waals surface area contributed by atoms with Gasteiger partial charge in [0.1, 0.15) is 0 Å². The van der Waals surface area contributed by atoms with E-state index in [1.807, 2.05) is 39.1 Å². The number of benzene rings is 1. The van der Waals surface area contributed by atoms with Crippen LogP contribution in [0.15, 0.2) is 23.0 Å². The second-order valence-corrected chi connectivity index (χ2v) is 5.47. The number of nitrogens with one attached hydrogen (secondary N) is 2. The number of anilines is 1. The van der Waals surface area contributed by atoms with E-state index in [0.29, 0.717) is 0 Å². The summed E-state index contributed by atoms with van der Waals surface area (Å²) in [7, 11) is 2.03. The molecular formula is C13H20N4O. The van der Waals surface area contributed by atoms with Crippen LogP contribution in [0, 0.1) is 0 Å². The van der Waals surface area contributed by atoms with Crippen molar-refractivity contribution in [2.75, 3.05) is 18.5 Å². The van der Waals surface area contributed by atoms with Gasteiger partial charge in [-0.15, -0.1) is 0 Å². The van der Waals surface area contributed by atoms with Crippen molar-refractivity contribution in [2.24, 2.45) is 5.73 Å². The van der Waals surface area contributed by atoms with Crippen molar-refractivity contribution in [2.45, 2.75) is 25.8 Å². The molecule has 0 bridgehead atoms. The van der Waals surface area contributed by atoms with Gasteiger partial charge in [0.05, 0.1) is 11.0 Å². The van der Waals surface area contributed by atoms with Crippen LogP contribution in [-0.2, 0) is 0 Å². The van der Waals surface area contributed by atoms with Crippen LogP contribution in [0.2, 0.25) is 0 Å². The fraction of sp³-hybridized carbons (Fsp3) is 0.462. The number of aromatic nitrogens is 2. The molecule has 98 valence electrons. The molecule has 0 aliphatic carbocycles. The van der Waals surface area contributed by atoms with E-state index in [-0.39, 0.29) is 11.2 Å². The number of hydrogen-bond donors (Lipinski definition) is 3. The standard InChI is InChI=1S/C13H20N4O/c1-13(2,14)6-7-17(3)9-4-5-10-11(8-9)16-12(18)15-10/h4-5,8H,6-7,14H2,1-3H3,(H2,15,16,18). The molecule has 1 heterocycles. The highest BCUT2D eigenvalue weighted by Crippen LogP contribution is 2.19. The van der Waals surface area contributed by atoms with Crippen LogP contribution < -0.4 is 16.3 Å². The number of nitrogens with two attached hydrogens (primary N) is 1. The van der Waals surface area contributed by atoms with Crippen molar-refractivity contribution in [1.29, 1.82) is 0 Å². The molecule has 0 unspecified atom stereocenters. The maximum absolute atomic E-state index is 11.2. The highest BCUT2D eigenvalue weighted by Gasteiger charge is 2.12. The van der Waals surface area contributed by atoms with E-state index < -0.39 is 0 Å². The molecule has 5 heteroatoms. The molecule has 2 rings (SSSR count). The monoisotopic (exact) mass is 248 g/mol. The molecule has 0 atom stereocenters. The third kappa shape index (κ3) is 2.92. The minimum Gasteiger partial charge on any atom is -0.374 e. The Balaban J connectivity index is 2.17. The molecule has 4 N–H and O–H groups in total. The third-order valence-corrected chi connectivity index (χ3v) is 3.03. The first-order chi connectivity index (χ1) is 8.35. The minimum atomic E-state index is -0.173. The summed E-state index contributed by atoms with van der Waals surface area (Å²) in [6.07, 6.45) is 0.908. The van der Waals surface area contributed by atoms with E-state index in [0.717, 1.165) is 29.7 Å². The molecule has 0 fully saturated rings. The van der Waals surface area contributed by atoms with Gasteiger partial charge < -0.3 is 20.6 Å². The van der Waals surface area contributed by atoms with Gasteiger partial charge in [0.25, 0.3) is 0 Å². The van der Waals surface area contributed by atoms with Crippen molar-refractivity contribution < 1.29 is 0 Å². The van der Waals surface area contributed by atoms with Gasteiger partial charge in [0.15, 0.2) is 0 Å². The summed E-state index contributed by atoms with van der Waals surface area (Å²) in [6, 6.07) is 5.87. The summed E-state index contributed by atoms with van der Waals surface area (Å²) in [5, 5.41) is 0. The van der Waals surface area contributed by atoms with E-state index in [4.69, 9.17) is 5.73 Å². The Bertz CT molecular complexity index is 591. The summed E-state index contributed by atoms with van der Waals surface area (Å²) in [5.74, 6) is 0. The number of imidazole rings is 1. The number of aromatic amines is 2. The van der Waals surface area contributed by atoms with Gasteiger partial charge in [-0.25, -0.2) is 4.79 Å². The predicted octanol–water partition coefficient (Wildman–Crippen LogP) is 1.42. The zero-order chi connectivity index (χ0) is 13.3. The summed E-state index contributed by atoms with van der Waals surface area (Å²) < 4.78 is 0. The average molecular weight is 248 g/mol. The molecule has 1 aromatic carbocycles. The lowest BCUT2D eigenvalue weighted by molar-refractivity contribution is 0.479. The Morgan fingerprint density at radius 1 is 1.28 bits per heavy atom. The van der Waals surface area contributed by atoms with Crippen molar-refractivity contribution in [3.05, 3.63) is 28.7 Å². The van der Waals surface area contributed by atoms with Gasteiger partial charge in [-0.05, 0) is 38.5 Å². The maximum atomic E-state index is 11.2. The molecule has 2 aromatic rings. The highest BCUT2D eigenvalue weighted by molar-refractivity contribution is 5.78. The summed E-state index contributed by atoms with van der Waals surface area (Å²) >= 11 is 0. The van der Waals surface area contributed by atoms with Crippen LogP contribution >= 0.6 is 0 Å². The zero-order valence-corrected chi connectivity index (χ0v) is 11.1. The number of nitrogens with zero attached hydrogens (tertiary/aromatic N) is 1. The molecule has 1 aromatic heterocycles. The largest absolute Gasteiger partial charge is 0.374 e.